The summed E-state index contributed by atoms with van der Waals surface area (Å²) in [4.78, 5) is 34.2. The Bertz CT molecular complexity index is 1170. The van der Waals surface area contributed by atoms with E-state index in [1.165, 1.54) is 21.6 Å². The summed E-state index contributed by atoms with van der Waals surface area (Å²) in [5.74, 6) is 0.202. The minimum absolute atomic E-state index is 0.0131. The average molecular weight is 488 g/mol. The highest BCUT2D eigenvalue weighted by Gasteiger charge is 2.34. The number of thiophene rings is 1. The Kier molecular flexibility index (Phi) is 7.02. The van der Waals surface area contributed by atoms with Crippen molar-refractivity contribution in [2.24, 2.45) is 0 Å². The van der Waals surface area contributed by atoms with Crippen molar-refractivity contribution in [3.8, 4) is 0 Å². The Morgan fingerprint density at radius 3 is 2.46 bits per heavy atom. The van der Waals surface area contributed by atoms with Crippen LogP contribution in [0.3, 0.4) is 0 Å². The Morgan fingerprint density at radius 1 is 0.971 bits per heavy atom. The van der Waals surface area contributed by atoms with Crippen LogP contribution in [0.4, 0.5) is 0 Å². The second-order valence-corrected chi connectivity index (χ2v) is 10.6. The standard InChI is InChI=1S/C29H33N3O2S/c1-3-22-9-11-24(12-10-22)29(34)32-17-16-30(19-21(32)2)27(33)20-31-15-13-26-25(14-18-35-26)28(31)23-7-5-4-6-8-23/h4-12,14,18,21,28H,3,13,15-17,19-20H2,1-2H3/t21-,28+/m1/s1. The molecular formula is C29H33N3O2S. The van der Waals surface area contributed by atoms with Gasteiger partial charge in [0.2, 0.25) is 5.91 Å². The molecule has 2 aliphatic heterocycles. The zero-order valence-corrected chi connectivity index (χ0v) is 21.3. The van der Waals surface area contributed by atoms with Gasteiger partial charge in [-0.15, -0.1) is 11.3 Å². The third-order valence-electron chi connectivity index (χ3n) is 7.37. The molecule has 6 heteroatoms. The number of hydrogen-bond acceptors (Lipinski definition) is 4. The summed E-state index contributed by atoms with van der Waals surface area (Å²) in [5.41, 5.74) is 4.51. The van der Waals surface area contributed by atoms with E-state index in [1.54, 1.807) is 0 Å². The fourth-order valence-corrected chi connectivity index (χ4v) is 6.28. The first-order chi connectivity index (χ1) is 17.0. The first-order valence-corrected chi connectivity index (χ1v) is 13.5. The molecule has 2 aliphatic rings. The van der Waals surface area contributed by atoms with E-state index >= 15 is 0 Å². The van der Waals surface area contributed by atoms with E-state index in [2.05, 4.69) is 47.5 Å². The summed E-state index contributed by atoms with van der Waals surface area (Å²) >= 11 is 1.82. The van der Waals surface area contributed by atoms with E-state index < -0.39 is 0 Å². The molecule has 5 nitrogen and oxygen atoms in total. The quantitative estimate of drug-likeness (QED) is 0.527. The summed E-state index contributed by atoms with van der Waals surface area (Å²) in [6.07, 6.45) is 1.95. The lowest BCUT2D eigenvalue weighted by Crippen LogP contribution is -2.57. The molecule has 2 atom stereocenters. The molecular weight excluding hydrogens is 454 g/mol. The monoisotopic (exact) mass is 487 g/mol. The average Bonchev–Trinajstić information content (AvgIpc) is 3.37. The second kappa shape index (κ2) is 10.3. The van der Waals surface area contributed by atoms with Crippen molar-refractivity contribution in [3.05, 3.63) is 93.2 Å². The van der Waals surface area contributed by atoms with Crippen LogP contribution >= 0.6 is 11.3 Å². The lowest BCUT2D eigenvalue weighted by Gasteiger charge is -2.42. The van der Waals surface area contributed by atoms with E-state index in [-0.39, 0.29) is 23.9 Å². The van der Waals surface area contributed by atoms with Crippen molar-refractivity contribution in [2.45, 2.75) is 38.8 Å². The highest BCUT2D eigenvalue weighted by molar-refractivity contribution is 7.10. The van der Waals surface area contributed by atoms with Crippen LogP contribution < -0.4 is 0 Å². The summed E-state index contributed by atoms with van der Waals surface area (Å²) in [5, 5.41) is 2.17. The molecule has 3 heterocycles. The minimum atomic E-state index is -0.0131. The van der Waals surface area contributed by atoms with Crippen LogP contribution in [-0.4, -0.2) is 65.3 Å². The molecule has 0 saturated carbocycles. The predicted molar refractivity (Wildman–Crippen MR) is 141 cm³/mol. The molecule has 0 spiro atoms. The van der Waals surface area contributed by atoms with Gasteiger partial charge in [-0.2, -0.15) is 0 Å². The van der Waals surface area contributed by atoms with Crippen molar-refractivity contribution in [1.82, 2.24) is 14.7 Å². The Hall–Kier alpha value is -2.96. The van der Waals surface area contributed by atoms with Gasteiger partial charge in [0.25, 0.3) is 5.91 Å². The highest BCUT2D eigenvalue weighted by atomic mass is 32.1. The van der Waals surface area contributed by atoms with Crippen LogP contribution in [0.15, 0.2) is 66.0 Å². The lowest BCUT2D eigenvalue weighted by molar-refractivity contribution is -0.135. The zero-order valence-electron chi connectivity index (χ0n) is 20.5. The molecule has 0 aliphatic carbocycles. The third-order valence-corrected chi connectivity index (χ3v) is 8.37. The van der Waals surface area contributed by atoms with Crippen LogP contribution in [0.1, 0.15) is 51.8 Å². The largest absolute Gasteiger partial charge is 0.338 e. The normalized spacial score (nSPS) is 20.5. The van der Waals surface area contributed by atoms with E-state index in [4.69, 9.17) is 0 Å². The van der Waals surface area contributed by atoms with Gasteiger partial charge in [-0.25, -0.2) is 0 Å². The van der Waals surface area contributed by atoms with E-state index in [1.807, 2.05) is 58.4 Å². The first-order valence-electron chi connectivity index (χ1n) is 12.6. The lowest BCUT2D eigenvalue weighted by atomic mass is 9.93. The van der Waals surface area contributed by atoms with Crippen LogP contribution in [0.5, 0.6) is 0 Å². The molecule has 35 heavy (non-hydrogen) atoms. The Morgan fingerprint density at radius 2 is 1.74 bits per heavy atom. The molecule has 0 unspecified atom stereocenters. The number of benzene rings is 2. The third kappa shape index (κ3) is 4.91. The maximum absolute atomic E-state index is 13.4. The van der Waals surface area contributed by atoms with Gasteiger partial charge < -0.3 is 9.80 Å². The molecule has 2 aromatic carbocycles. The van der Waals surface area contributed by atoms with Gasteiger partial charge in [-0.05, 0) is 60.0 Å². The zero-order chi connectivity index (χ0) is 24.4. The van der Waals surface area contributed by atoms with Gasteiger partial charge in [0.05, 0.1) is 12.6 Å². The number of nitrogens with zero attached hydrogens (tertiary/aromatic N) is 3. The van der Waals surface area contributed by atoms with Crippen LogP contribution in [0.2, 0.25) is 0 Å². The van der Waals surface area contributed by atoms with Crippen molar-refractivity contribution >= 4 is 23.2 Å². The van der Waals surface area contributed by atoms with Gasteiger partial charge in [0, 0.05) is 42.7 Å². The topological polar surface area (TPSA) is 43.9 Å². The predicted octanol–water partition coefficient (Wildman–Crippen LogP) is 4.63. The maximum Gasteiger partial charge on any atom is 0.254 e. The number of rotatable bonds is 5. The number of carbonyl (C=O) groups excluding carboxylic acids is 2. The Labute approximate surface area is 212 Å². The van der Waals surface area contributed by atoms with Gasteiger partial charge in [-0.3, -0.25) is 14.5 Å². The maximum atomic E-state index is 13.4. The number of hydrogen-bond donors (Lipinski definition) is 0. The highest BCUT2D eigenvalue weighted by Crippen LogP contribution is 2.37. The SMILES string of the molecule is CCc1ccc(C(=O)N2CCN(C(=O)CN3CCc4sccc4[C@@H]3c3ccccc3)C[C@H]2C)cc1. The van der Waals surface area contributed by atoms with Crippen molar-refractivity contribution in [2.75, 3.05) is 32.7 Å². The number of carbonyl (C=O) groups is 2. The number of aryl methyl sites for hydroxylation is 1. The first kappa shape index (κ1) is 23.8. The molecule has 5 rings (SSSR count). The Balaban J connectivity index is 1.25. The fraction of sp³-hybridized carbons (Fsp3) is 0.379. The van der Waals surface area contributed by atoms with E-state index in [0.717, 1.165) is 24.9 Å². The summed E-state index contributed by atoms with van der Waals surface area (Å²) in [6.45, 7) is 7.15. The summed E-state index contributed by atoms with van der Waals surface area (Å²) < 4.78 is 0. The summed E-state index contributed by atoms with van der Waals surface area (Å²) in [7, 11) is 0. The molecule has 2 amide bonds. The minimum Gasteiger partial charge on any atom is -0.338 e. The molecule has 1 aromatic heterocycles. The number of fused-ring (bicyclic) bond motifs is 1. The van der Waals surface area contributed by atoms with Crippen molar-refractivity contribution < 1.29 is 9.59 Å². The molecule has 1 fully saturated rings. The van der Waals surface area contributed by atoms with Gasteiger partial charge >= 0.3 is 0 Å². The summed E-state index contributed by atoms with van der Waals surface area (Å²) in [6, 6.07) is 20.7. The van der Waals surface area contributed by atoms with E-state index in [0.29, 0.717) is 26.2 Å². The number of amides is 2. The van der Waals surface area contributed by atoms with Gasteiger partial charge in [0.1, 0.15) is 0 Å². The molecule has 3 aromatic rings. The van der Waals surface area contributed by atoms with Gasteiger partial charge in [-0.1, -0.05) is 49.4 Å². The molecule has 1 saturated heterocycles. The fourth-order valence-electron chi connectivity index (χ4n) is 5.37. The van der Waals surface area contributed by atoms with Crippen LogP contribution in [-0.2, 0) is 17.6 Å². The van der Waals surface area contributed by atoms with Crippen molar-refractivity contribution in [3.63, 3.8) is 0 Å². The van der Waals surface area contributed by atoms with E-state index in [9.17, 15) is 9.59 Å². The van der Waals surface area contributed by atoms with Gasteiger partial charge in [0.15, 0.2) is 0 Å². The smallest absolute Gasteiger partial charge is 0.254 e. The second-order valence-electron chi connectivity index (χ2n) is 9.57. The van der Waals surface area contributed by atoms with Crippen LogP contribution in [0, 0.1) is 0 Å². The van der Waals surface area contributed by atoms with Crippen molar-refractivity contribution in [1.29, 1.82) is 0 Å². The molecule has 0 radical (unpaired) electrons. The molecule has 0 bridgehead atoms. The van der Waals surface area contributed by atoms with Crippen LogP contribution in [0.25, 0.3) is 0 Å². The molecule has 182 valence electrons. The molecule has 0 N–H and O–H groups in total. The number of piperazine rings is 1.